The molecule has 2 nitrogen and oxygen atoms in total. The molecule has 1 aliphatic carbocycles. The molecule has 0 saturated heterocycles. The highest BCUT2D eigenvalue weighted by Gasteiger charge is 2.34. The van der Waals surface area contributed by atoms with E-state index in [0.29, 0.717) is 0 Å². The van der Waals surface area contributed by atoms with Crippen LogP contribution in [0.1, 0.15) is 46.0 Å². The molecule has 0 aromatic carbocycles. The Morgan fingerprint density at radius 1 is 1.13 bits per heavy atom. The normalized spacial score (nSPS) is 20.4. The van der Waals surface area contributed by atoms with Gasteiger partial charge in [-0.1, -0.05) is 39.5 Å². The zero-order valence-electron chi connectivity index (χ0n) is 10.7. The van der Waals surface area contributed by atoms with Crippen LogP contribution in [-0.4, -0.2) is 23.5 Å². The van der Waals surface area contributed by atoms with Crippen molar-refractivity contribution >= 4 is 9.28 Å². The third-order valence-corrected chi connectivity index (χ3v) is 6.01. The zero-order valence-corrected chi connectivity index (χ0v) is 11.8. The number of rotatable bonds is 6. The Morgan fingerprint density at radius 3 is 2.07 bits per heavy atom. The molecule has 1 aliphatic rings. The standard InChI is InChI=1S/C12H26O2Si/c1-10(2)9-12(15(13-3)14-4)11-7-5-6-8-11/h10-12,15H,5-9H2,1-4H3. The predicted octanol–water partition coefficient (Wildman–Crippen LogP) is 3.11. The smallest absolute Gasteiger partial charge is 0.324 e. The van der Waals surface area contributed by atoms with Crippen molar-refractivity contribution < 1.29 is 8.85 Å². The van der Waals surface area contributed by atoms with Crippen LogP contribution >= 0.6 is 0 Å². The molecule has 15 heavy (non-hydrogen) atoms. The summed E-state index contributed by atoms with van der Waals surface area (Å²) < 4.78 is 11.2. The van der Waals surface area contributed by atoms with Gasteiger partial charge in [0, 0.05) is 19.8 Å². The van der Waals surface area contributed by atoms with Crippen molar-refractivity contribution in [3.8, 4) is 0 Å². The van der Waals surface area contributed by atoms with Gasteiger partial charge in [-0.3, -0.25) is 0 Å². The monoisotopic (exact) mass is 230 g/mol. The second-order valence-electron chi connectivity index (χ2n) is 5.18. The van der Waals surface area contributed by atoms with Gasteiger partial charge in [-0.2, -0.15) is 0 Å². The van der Waals surface area contributed by atoms with Gasteiger partial charge in [0.15, 0.2) is 0 Å². The van der Waals surface area contributed by atoms with Crippen LogP contribution in [0.4, 0.5) is 0 Å². The van der Waals surface area contributed by atoms with E-state index >= 15 is 0 Å². The van der Waals surface area contributed by atoms with E-state index in [1.807, 2.05) is 14.2 Å². The minimum atomic E-state index is -1.42. The lowest BCUT2D eigenvalue weighted by Gasteiger charge is -2.29. The molecule has 0 heterocycles. The lowest BCUT2D eigenvalue weighted by molar-refractivity contribution is 0.239. The fourth-order valence-electron chi connectivity index (χ4n) is 2.90. The maximum Gasteiger partial charge on any atom is 0.324 e. The van der Waals surface area contributed by atoms with Crippen molar-refractivity contribution in [1.82, 2.24) is 0 Å². The SMILES string of the molecule is CO[SiH](OC)C(CC(C)C)C1CCCC1. The van der Waals surface area contributed by atoms with Crippen LogP contribution in [0.15, 0.2) is 0 Å². The van der Waals surface area contributed by atoms with Gasteiger partial charge in [0.2, 0.25) is 0 Å². The Morgan fingerprint density at radius 2 is 1.67 bits per heavy atom. The first-order chi connectivity index (χ1) is 7.19. The van der Waals surface area contributed by atoms with Crippen LogP contribution in [0.3, 0.4) is 0 Å². The van der Waals surface area contributed by atoms with Gasteiger partial charge in [-0.15, -0.1) is 0 Å². The minimum Gasteiger partial charge on any atom is -0.400 e. The van der Waals surface area contributed by atoms with Crippen molar-refractivity contribution in [3.05, 3.63) is 0 Å². The van der Waals surface area contributed by atoms with E-state index in [0.717, 1.165) is 17.4 Å². The molecule has 3 heteroatoms. The molecule has 1 rings (SSSR count). The predicted molar refractivity (Wildman–Crippen MR) is 66.3 cm³/mol. The van der Waals surface area contributed by atoms with Gasteiger partial charge in [0.25, 0.3) is 0 Å². The van der Waals surface area contributed by atoms with Crippen LogP contribution in [0.5, 0.6) is 0 Å². The summed E-state index contributed by atoms with van der Waals surface area (Å²) >= 11 is 0. The van der Waals surface area contributed by atoms with E-state index in [1.165, 1.54) is 32.1 Å². The summed E-state index contributed by atoms with van der Waals surface area (Å²) in [6.45, 7) is 4.61. The molecule has 0 aromatic heterocycles. The van der Waals surface area contributed by atoms with Crippen LogP contribution in [0.2, 0.25) is 5.54 Å². The molecule has 0 bridgehead atoms. The maximum absolute atomic E-state index is 5.59. The fourth-order valence-corrected chi connectivity index (χ4v) is 5.39. The fraction of sp³-hybridized carbons (Fsp3) is 1.00. The van der Waals surface area contributed by atoms with Gasteiger partial charge in [-0.05, 0) is 18.3 Å². The summed E-state index contributed by atoms with van der Waals surface area (Å²) in [7, 11) is 2.23. The summed E-state index contributed by atoms with van der Waals surface area (Å²) in [4.78, 5) is 0. The lowest BCUT2D eigenvalue weighted by Crippen LogP contribution is -2.31. The van der Waals surface area contributed by atoms with E-state index in [2.05, 4.69) is 13.8 Å². The zero-order chi connectivity index (χ0) is 11.3. The van der Waals surface area contributed by atoms with Gasteiger partial charge in [0.05, 0.1) is 0 Å². The van der Waals surface area contributed by atoms with Crippen molar-refractivity contribution in [3.63, 3.8) is 0 Å². The summed E-state index contributed by atoms with van der Waals surface area (Å²) in [5, 5.41) is 0. The first-order valence-corrected chi connectivity index (χ1v) is 7.85. The molecule has 0 N–H and O–H groups in total. The highest BCUT2D eigenvalue weighted by molar-refractivity contribution is 6.46. The van der Waals surface area contributed by atoms with E-state index in [9.17, 15) is 0 Å². The molecule has 1 atom stereocenters. The molecule has 0 spiro atoms. The topological polar surface area (TPSA) is 18.5 Å². The van der Waals surface area contributed by atoms with Crippen LogP contribution in [0, 0.1) is 11.8 Å². The van der Waals surface area contributed by atoms with Crippen molar-refractivity contribution in [2.45, 2.75) is 51.5 Å². The third kappa shape index (κ3) is 3.89. The molecular formula is C12H26O2Si. The Labute approximate surface area is 96.2 Å². The van der Waals surface area contributed by atoms with E-state index in [-0.39, 0.29) is 0 Å². The molecule has 0 aliphatic heterocycles. The van der Waals surface area contributed by atoms with Gasteiger partial charge in [0.1, 0.15) is 0 Å². The van der Waals surface area contributed by atoms with Crippen molar-refractivity contribution in [2.24, 2.45) is 11.8 Å². The summed E-state index contributed by atoms with van der Waals surface area (Å²) in [6, 6.07) is 0. The summed E-state index contributed by atoms with van der Waals surface area (Å²) in [5.74, 6) is 1.64. The van der Waals surface area contributed by atoms with Crippen molar-refractivity contribution in [2.75, 3.05) is 14.2 Å². The van der Waals surface area contributed by atoms with Gasteiger partial charge >= 0.3 is 9.28 Å². The second kappa shape index (κ2) is 6.66. The molecule has 1 saturated carbocycles. The average molecular weight is 230 g/mol. The van der Waals surface area contributed by atoms with E-state index in [1.54, 1.807) is 0 Å². The average Bonchev–Trinajstić information content (AvgIpc) is 2.70. The van der Waals surface area contributed by atoms with Crippen LogP contribution in [-0.2, 0) is 8.85 Å². The largest absolute Gasteiger partial charge is 0.400 e. The minimum absolute atomic E-state index is 0.725. The highest BCUT2D eigenvalue weighted by atomic mass is 28.3. The van der Waals surface area contributed by atoms with E-state index < -0.39 is 9.28 Å². The Hall–Kier alpha value is 0.137. The quantitative estimate of drug-likeness (QED) is 0.653. The summed E-state index contributed by atoms with van der Waals surface area (Å²) in [5.41, 5.74) is 0.725. The molecule has 90 valence electrons. The maximum atomic E-state index is 5.59. The molecule has 0 amide bonds. The highest BCUT2D eigenvalue weighted by Crippen LogP contribution is 2.40. The van der Waals surface area contributed by atoms with Crippen LogP contribution in [0.25, 0.3) is 0 Å². The van der Waals surface area contributed by atoms with Crippen LogP contribution < -0.4 is 0 Å². The number of hydrogen-bond donors (Lipinski definition) is 0. The Kier molecular flexibility index (Phi) is 5.86. The number of hydrogen-bond acceptors (Lipinski definition) is 2. The van der Waals surface area contributed by atoms with Gasteiger partial charge < -0.3 is 8.85 Å². The molecular weight excluding hydrogens is 204 g/mol. The lowest BCUT2D eigenvalue weighted by atomic mass is 9.96. The molecule has 1 fully saturated rings. The first kappa shape index (κ1) is 13.2. The summed E-state index contributed by atoms with van der Waals surface area (Å²) in [6.07, 6.45) is 6.89. The Balaban J connectivity index is 2.57. The third-order valence-electron chi connectivity index (χ3n) is 3.56. The van der Waals surface area contributed by atoms with Crippen molar-refractivity contribution in [1.29, 1.82) is 0 Å². The van der Waals surface area contributed by atoms with E-state index in [4.69, 9.17) is 8.85 Å². The molecule has 0 radical (unpaired) electrons. The second-order valence-corrected chi connectivity index (χ2v) is 7.71. The first-order valence-electron chi connectivity index (χ1n) is 6.24. The van der Waals surface area contributed by atoms with Gasteiger partial charge in [-0.25, -0.2) is 0 Å². The Bertz CT molecular complexity index is 161. The molecule has 1 unspecified atom stereocenters. The molecule has 0 aromatic rings.